The predicted octanol–water partition coefficient (Wildman–Crippen LogP) is 2.98. The molecular weight excluding hydrogens is 252 g/mol. The molecule has 1 aromatic carbocycles. The van der Waals surface area contributed by atoms with Gasteiger partial charge in [-0.1, -0.05) is 0 Å². The zero-order valence-corrected chi connectivity index (χ0v) is 9.73. The van der Waals surface area contributed by atoms with Gasteiger partial charge >= 0.3 is 0 Å². The molecule has 0 fully saturated rings. The Morgan fingerprint density at radius 1 is 1.54 bits per heavy atom. The lowest BCUT2D eigenvalue weighted by atomic mass is 10.2. The first kappa shape index (κ1) is 10.7. The molecule has 2 nitrogen and oxygen atoms in total. The van der Waals surface area contributed by atoms with E-state index in [0.29, 0.717) is 22.6 Å². The number of phenolic OH excluding ortho intramolecular Hbond substituents is 1. The molecule has 0 spiro atoms. The first-order valence-corrected chi connectivity index (χ1v) is 5.36. The Labute approximate surface area is 91.5 Å². The number of ether oxygens (including phenoxy) is 1. The van der Waals surface area contributed by atoms with E-state index in [1.165, 1.54) is 0 Å². The summed E-state index contributed by atoms with van der Waals surface area (Å²) in [7, 11) is 0. The van der Waals surface area contributed by atoms with E-state index >= 15 is 0 Å². The summed E-state index contributed by atoms with van der Waals surface area (Å²) in [5.41, 5.74) is 1.01. The van der Waals surface area contributed by atoms with Crippen molar-refractivity contribution in [1.29, 1.82) is 0 Å². The Kier molecular flexibility index (Phi) is 3.93. The highest BCUT2D eigenvalue weighted by atomic mass is 79.9. The van der Waals surface area contributed by atoms with Crippen LogP contribution in [-0.2, 0) is 5.75 Å². The average molecular weight is 263 g/mol. The largest absolute Gasteiger partial charge is 0.503 e. The van der Waals surface area contributed by atoms with Crippen molar-refractivity contribution in [2.45, 2.75) is 12.7 Å². The van der Waals surface area contributed by atoms with E-state index in [0.717, 1.165) is 5.56 Å². The van der Waals surface area contributed by atoms with E-state index in [1.54, 1.807) is 6.07 Å². The van der Waals surface area contributed by atoms with Crippen LogP contribution in [0.15, 0.2) is 16.6 Å². The number of rotatable bonds is 3. The lowest BCUT2D eigenvalue weighted by Crippen LogP contribution is -1.93. The molecule has 72 valence electrons. The van der Waals surface area contributed by atoms with Crippen molar-refractivity contribution in [1.82, 2.24) is 0 Å². The van der Waals surface area contributed by atoms with Gasteiger partial charge in [-0.15, -0.1) is 0 Å². The summed E-state index contributed by atoms with van der Waals surface area (Å²) in [5, 5.41) is 9.55. The monoisotopic (exact) mass is 262 g/mol. The summed E-state index contributed by atoms with van der Waals surface area (Å²) in [6.45, 7) is 2.41. The van der Waals surface area contributed by atoms with E-state index in [9.17, 15) is 5.11 Å². The standard InChI is InChI=1S/C9H11BrO2S/c1-2-12-8-4-6(5-13)3-7(10)9(8)11/h3-4,11,13H,2,5H2,1H3. The van der Waals surface area contributed by atoms with Gasteiger partial charge in [0.15, 0.2) is 11.5 Å². The Morgan fingerprint density at radius 2 is 2.23 bits per heavy atom. The summed E-state index contributed by atoms with van der Waals surface area (Å²) < 4.78 is 5.89. The minimum absolute atomic E-state index is 0.146. The molecule has 1 aromatic rings. The van der Waals surface area contributed by atoms with E-state index in [4.69, 9.17) is 4.74 Å². The van der Waals surface area contributed by atoms with Crippen molar-refractivity contribution in [2.24, 2.45) is 0 Å². The van der Waals surface area contributed by atoms with Crippen LogP contribution in [0.25, 0.3) is 0 Å². The maximum Gasteiger partial charge on any atom is 0.172 e. The van der Waals surface area contributed by atoms with E-state index < -0.39 is 0 Å². The molecular formula is C9H11BrO2S. The number of thiol groups is 1. The van der Waals surface area contributed by atoms with Crippen LogP contribution in [0, 0.1) is 0 Å². The number of halogens is 1. The highest BCUT2D eigenvalue weighted by molar-refractivity contribution is 9.10. The van der Waals surface area contributed by atoms with Gasteiger partial charge in [-0.25, -0.2) is 0 Å². The van der Waals surface area contributed by atoms with Gasteiger partial charge < -0.3 is 9.84 Å². The molecule has 0 saturated heterocycles. The zero-order valence-electron chi connectivity index (χ0n) is 7.25. The fourth-order valence-electron chi connectivity index (χ4n) is 0.984. The number of hydrogen-bond acceptors (Lipinski definition) is 3. The van der Waals surface area contributed by atoms with Crippen LogP contribution in [0.1, 0.15) is 12.5 Å². The zero-order chi connectivity index (χ0) is 9.84. The van der Waals surface area contributed by atoms with Crippen LogP contribution in [0.4, 0.5) is 0 Å². The average Bonchev–Trinajstić information content (AvgIpc) is 2.13. The highest BCUT2D eigenvalue weighted by Crippen LogP contribution is 2.35. The number of benzene rings is 1. The van der Waals surface area contributed by atoms with Crippen molar-refractivity contribution < 1.29 is 9.84 Å². The Bertz CT molecular complexity index is 302. The second-order valence-electron chi connectivity index (χ2n) is 2.52. The SMILES string of the molecule is CCOc1cc(CS)cc(Br)c1O. The van der Waals surface area contributed by atoms with Gasteiger partial charge in [0.1, 0.15) is 0 Å². The molecule has 13 heavy (non-hydrogen) atoms. The van der Waals surface area contributed by atoms with Crippen LogP contribution in [0.5, 0.6) is 11.5 Å². The van der Waals surface area contributed by atoms with Crippen LogP contribution < -0.4 is 4.74 Å². The molecule has 0 aliphatic heterocycles. The molecule has 0 aliphatic rings. The minimum atomic E-state index is 0.146. The molecule has 0 amide bonds. The molecule has 0 atom stereocenters. The summed E-state index contributed by atoms with van der Waals surface area (Å²) in [6, 6.07) is 3.61. The van der Waals surface area contributed by atoms with Crippen molar-refractivity contribution in [3.05, 3.63) is 22.2 Å². The molecule has 0 bridgehead atoms. The van der Waals surface area contributed by atoms with Crippen LogP contribution in [-0.4, -0.2) is 11.7 Å². The summed E-state index contributed by atoms with van der Waals surface area (Å²) in [5.74, 6) is 1.27. The highest BCUT2D eigenvalue weighted by Gasteiger charge is 2.07. The summed E-state index contributed by atoms with van der Waals surface area (Å²) in [4.78, 5) is 0. The smallest absolute Gasteiger partial charge is 0.172 e. The lowest BCUT2D eigenvalue weighted by molar-refractivity contribution is 0.317. The van der Waals surface area contributed by atoms with Crippen LogP contribution in [0.2, 0.25) is 0 Å². The Balaban J connectivity index is 3.09. The fraction of sp³-hybridized carbons (Fsp3) is 0.333. The van der Waals surface area contributed by atoms with Crippen molar-refractivity contribution in [3.63, 3.8) is 0 Å². The number of aromatic hydroxyl groups is 1. The molecule has 0 heterocycles. The van der Waals surface area contributed by atoms with Gasteiger partial charge in [0, 0.05) is 5.75 Å². The van der Waals surface area contributed by atoms with E-state index in [-0.39, 0.29) is 5.75 Å². The molecule has 0 saturated carbocycles. The van der Waals surface area contributed by atoms with E-state index in [1.807, 2.05) is 13.0 Å². The van der Waals surface area contributed by atoms with Gasteiger partial charge in [0.05, 0.1) is 11.1 Å². The van der Waals surface area contributed by atoms with E-state index in [2.05, 4.69) is 28.6 Å². The topological polar surface area (TPSA) is 29.5 Å². The molecule has 1 rings (SSSR count). The van der Waals surface area contributed by atoms with Crippen LogP contribution in [0.3, 0.4) is 0 Å². The molecule has 0 radical (unpaired) electrons. The van der Waals surface area contributed by atoms with Crippen LogP contribution >= 0.6 is 28.6 Å². The van der Waals surface area contributed by atoms with Crippen molar-refractivity contribution in [2.75, 3.05) is 6.61 Å². The maximum atomic E-state index is 9.55. The number of hydrogen-bond donors (Lipinski definition) is 2. The lowest BCUT2D eigenvalue weighted by Gasteiger charge is -2.08. The Morgan fingerprint density at radius 3 is 2.77 bits per heavy atom. The molecule has 4 heteroatoms. The molecule has 0 aromatic heterocycles. The summed E-state index contributed by atoms with van der Waals surface area (Å²) >= 11 is 7.39. The minimum Gasteiger partial charge on any atom is -0.503 e. The first-order valence-electron chi connectivity index (χ1n) is 3.94. The van der Waals surface area contributed by atoms with Gasteiger partial charge in [-0.2, -0.15) is 12.6 Å². The molecule has 0 unspecified atom stereocenters. The third kappa shape index (κ3) is 2.54. The van der Waals surface area contributed by atoms with Crippen molar-refractivity contribution >= 4 is 28.6 Å². The second kappa shape index (κ2) is 4.77. The molecule has 1 N–H and O–H groups in total. The maximum absolute atomic E-state index is 9.55. The first-order chi connectivity index (χ1) is 6.19. The normalized spacial score (nSPS) is 10.1. The quantitative estimate of drug-likeness (QED) is 0.821. The summed E-state index contributed by atoms with van der Waals surface area (Å²) in [6.07, 6.45) is 0. The molecule has 0 aliphatic carbocycles. The predicted molar refractivity (Wildman–Crippen MR) is 59.7 cm³/mol. The van der Waals surface area contributed by atoms with Crippen molar-refractivity contribution in [3.8, 4) is 11.5 Å². The van der Waals surface area contributed by atoms with Gasteiger partial charge in [0.25, 0.3) is 0 Å². The fourth-order valence-corrected chi connectivity index (χ4v) is 1.66. The third-order valence-corrected chi connectivity index (χ3v) is 2.54. The third-order valence-electron chi connectivity index (χ3n) is 1.57. The Hall–Kier alpha value is -0.350. The van der Waals surface area contributed by atoms with Gasteiger partial charge in [-0.05, 0) is 40.5 Å². The van der Waals surface area contributed by atoms with Gasteiger partial charge in [-0.3, -0.25) is 0 Å². The second-order valence-corrected chi connectivity index (χ2v) is 3.69. The van der Waals surface area contributed by atoms with Gasteiger partial charge in [0.2, 0.25) is 0 Å². The number of phenols is 1.